The Bertz CT molecular complexity index is 579. The van der Waals surface area contributed by atoms with E-state index in [0.29, 0.717) is 18.7 Å². The number of hydrogen-bond donors (Lipinski definition) is 1. The van der Waals surface area contributed by atoms with Crippen molar-refractivity contribution in [1.82, 2.24) is 0 Å². The summed E-state index contributed by atoms with van der Waals surface area (Å²) in [4.78, 5) is 22.9. The standard InChI is InChI=1S/C12H11N3O4/c13-7-8-6-9(3-4-10(8)15(18)19)14-5-1-2-11(14)12(16)17/h3-4,6,11H,1-2,5H2,(H,16,17). The summed E-state index contributed by atoms with van der Waals surface area (Å²) < 4.78 is 0. The molecule has 1 fully saturated rings. The van der Waals surface area contributed by atoms with Crippen molar-refractivity contribution in [3.8, 4) is 6.07 Å². The Balaban J connectivity index is 2.39. The van der Waals surface area contributed by atoms with Crippen molar-refractivity contribution in [2.45, 2.75) is 18.9 Å². The van der Waals surface area contributed by atoms with E-state index in [0.717, 1.165) is 6.42 Å². The van der Waals surface area contributed by atoms with Crippen LogP contribution in [0.4, 0.5) is 11.4 Å². The maximum Gasteiger partial charge on any atom is 0.326 e. The number of rotatable bonds is 3. The lowest BCUT2D eigenvalue weighted by Crippen LogP contribution is -2.35. The van der Waals surface area contributed by atoms with E-state index in [4.69, 9.17) is 10.4 Å². The van der Waals surface area contributed by atoms with E-state index in [1.165, 1.54) is 18.2 Å². The smallest absolute Gasteiger partial charge is 0.326 e. The molecular weight excluding hydrogens is 250 g/mol. The summed E-state index contributed by atoms with van der Waals surface area (Å²) in [7, 11) is 0. The van der Waals surface area contributed by atoms with Crippen LogP contribution in [0.25, 0.3) is 0 Å². The molecule has 0 amide bonds. The van der Waals surface area contributed by atoms with Crippen molar-refractivity contribution in [2.75, 3.05) is 11.4 Å². The Morgan fingerprint density at radius 3 is 2.89 bits per heavy atom. The summed E-state index contributed by atoms with van der Waals surface area (Å²) in [5.41, 5.74) is 0.211. The van der Waals surface area contributed by atoms with Crippen LogP contribution in [0, 0.1) is 21.4 Å². The van der Waals surface area contributed by atoms with Gasteiger partial charge in [0, 0.05) is 18.3 Å². The zero-order chi connectivity index (χ0) is 14.0. The van der Waals surface area contributed by atoms with Crippen molar-refractivity contribution in [2.24, 2.45) is 0 Å². The molecule has 1 aliphatic rings. The van der Waals surface area contributed by atoms with Gasteiger partial charge in [-0.05, 0) is 25.0 Å². The van der Waals surface area contributed by atoms with E-state index >= 15 is 0 Å². The van der Waals surface area contributed by atoms with Crippen molar-refractivity contribution in [1.29, 1.82) is 5.26 Å². The number of carboxylic acid groups (broad SMARTS) is 1. The average Bonchev–Trinajstić information content (AvgIpc) is 2.87. The highest BCUT2D eigenvalue weighted by molar-refractivity contribution is 5.79. The molecule has 1 unspecified atom stereocenters. The summed E-state index contributed by atoms with van der Waals surface area (Å²) in [6.07, 6.45) is 1.28. The van der Waals surface area contributed by atoms with Gasteiger partial charge in [0.1, 0.15) is 17.7 Å². The van der Waals surface area contributed by atoms with Crippen LogP contribution in [-0.2, 0) is 4.79 Å². The second-order valence-corrected chi connectivity index (χ2v) is 4.26. The van der Waals surface area contributed by atoms with Crippen LogP contribution in [0.5, 0.6) is 0 Å². The predicted molar refractivity (Wildman–Crippen MR) is 65.8 cm³/mol. The maximum absolute atomic E-state index is 11.1. The number of nitrogens with zero attached hydrogens (tertiary/aromatic N) is 3. The van der Waals surface area contributed by atoms with Crippen LogP contribution in [0.3, 0.4) is 0 Å². The predicted octanol–water partition coefficient (Wildman–Crippen LogP) is 1.52. The molecule has 1 heterocycles. The molecule has 0 aliphatic carbocycles. The molecule has 2 rings (SSSR count). The fourth-order valence-corrected chi connectivity index (χ4v) is 2.28. The number of benzene rings is 1. The van der Waals surface area contributed by atoms with Gasteiger partial charge < -0.3 is 10.0 Å². The normalized spacial score (nSPS) is 18.1. The fourth-order valence-electron chi connectivity index (χ4n) is 2.28. The zero-order valence-electron chi connectivity index (χ0n) is 9.94. The highest BCUT2D eigenvalue weighted by Gasteiger charge is 2.31. The maximum atomic E-state index is 11.1. The minimum atomic E-state index is -0.922. The quantitative estimate of drug-likeness (QED) is 0.652. The average molecular weight is 261 g/mol. The molecule has 1 aromatic carbocycles. The molecule has 7 nitrogen and oxygen atoms in total. The van der Waals surface area contributed by atoms with E-state index in [9.17, 15) is 14.9 Å². The minimum absolute atomic E-state index is 0.0569. The summed E-state index contributed by atoms with van der Waals surface area (Å²) in [5.74, 6) is -0.922. The number of nitro groups is 1. The third-order valence-electron chi connectivity index (χ3n) is 3.17. The highest BCUT2D eigenvalue weighted by Crippen LogP contribution is 2.29. The first-order valence-electron chi connectivity index (χ1n) is 5.72. The van der Waals surface area contributed by atoms with Crippen molar-refractivity contribution >= 4 is 17.3 Å². The topological polar surface area (TPSA) is 107 Å². The number of aliphatic carboxylic acids is 1. The second kappa shape index (κ2) is 4.94. The van der Waals surface area contributed by atoms with Crippen molar-refractivity contribution in [3.05, 3.63) is 33.9 Å². The number of carbonyl (C=O) groups is 1. The third kappa shape index (κ3) is 2.33. The summed E-state index contributed by atoms with van der Waals surface area (Å²) in [6, 6.07) is 5.24. The summed E-state index contributed by atoms with van der Waals surface area (Å²) >= 11 is 0. The van der Waals surface area contributed by atoms with Crippen molar-refractivity contribution in [3.63, 3.8) is 0 Å². The lowest BCUT2D eigenvalue weighted by atomic mass is 10.1. The molecule has 0 spiro atoms. The van der Waals surface area contributed by atoms with Crippen LogP contribution >= 0.6 is 0 Å². The first kappa shape index (κ1) is 12.8. The van der Waals surface area contributed by atoms with Gasteiger partial charge in [-0.25, -0.2) is 4.79 Å². The highest BCUT2D eigenvalue weighted by atomic mass is 16.6. The summed E-state index contributed by atoms with van der Waals surface area (Å²) in [5, 5.41) is 28.8. The number of nitriles is 1. The van der Waals surface area contributed by atoms with Crippen LogP contribution in [0.15, 0.2) is 18.2 Å². The molecule has 0 saturated carbocycles. The third-order valence-corrected chi connectivity index (χ3v) is 3.17. The van der Waals surface area contributed by atoms with Crippen LogP contribution in [0.2, 0.25) is 0 Å². The first-order valence-corrected chi connectivity index (χ1v) is 5.72. The van der Waals surface area contributed by atoms with Gasteiger partial charge in [-0.3, -0.25) is 10.1 Å². The molecule has 0 radical (unpaired) electrons. The van der Waals surface area contributed by atoms with E-state index in [1.54, 1.807) is 11.0 Å². The number of anilines is 1. The van der Waals surface area contributed by atoms with Crippen LogP contribution < -0.4 is 4.90 Å². The summed E-state index contributed by atoms with van der Waals surface area (Å²) in [6.45, 7) is 0.569. The Hall–Kier alpha value is -2.62. The zero-order valence-corrected chi connectivity index (χ0v) is 9.94. The molecule has 98 valence electrons. The van der Waals surface area contributed by atoms with Crippen LogP contribution in [-0.4, -0.2) is 28.6 Å². The van der Waals surface area contributed by atoms with Gasteiger partial charge in [0.15, 0.2) is 0 Å². The van der Waals surface area contributed by atoms with Gasteiger partial charge >= 0.3 is 5.97 Å². The van der Waals surface area contributed by atoms with E-state index in [-0.39, 0.29) is 11.3 Å². The minimum Gasteiger partial charge on any atom is -0.480 e. The first-order chi connectivity index (χ1) is 9.04. The monoisotopic (exact) mass is 261 g/mol. The largest absolute Gasteiger partial charge is 0.480 e. The van der Waals surface area contributed by atoms with E-state index in [1.807, 2.05) is 0 Å². The molecule has 19 heavy (non-hydrogen) atoms. The lowest BCUT2D eigenvalue weighted by Gasteiger charge is -2.23. The molecule has 0 bridgehead atoms. The number of nitro benzene ring substituents is 1. The van der Waals surface area contributed by atoms with Crippen molar-refractivity contribution < 1.29 is 14.8 Å². The molecular formula is C12H11N3O4. The van der Waals surface area contributed by atoms with Gasteiger partial charge in [-0.2, -0.15) is 5.26 Å². The van der Waals surface area contributed by atoms with E-state index < -0.39 is 16.9 Å². The van der Waals surface area contributed by atoms with Gasteiger partial charge in [-0.15, -0.1) is 0 Å². The number of carboxylic acids is 1. The Kier molecular flexibility index (Phi) is 3.33. The van der Waals surface area contributed by atoms with Gasteiger partial charge in [0.2, 0.25) is 0 Å². The number of hydrogen-bond acceptors (Lipinski definition) is 5. The molecule has 0 aromatic heterocycles. The van der Waals surface area contributed by atoms with Crippen LogP contribution in [0.1, 0.15) is 18.4 Å². The molecule has 1 aliphatic heterocycles. The molecule has 1 aromatic rings. The van der Waals surface area contributed by atoms with Gasteiger partial charge in [0.25, 0.3) is 5.69 Å². The van der Waals surface area contributed by atoms with Gasteiger partial charge in [-0.1, -0.05) is 0 Å². The Morgan fingerprint density at radius 2 is 2.32 bits per heavy atom. The lowest BCUT2D eigenvalue weighted by molar-refractivity contribution is -0.385. The second-order valence-electron chi connectivity index (χ2n) is 4.26. The SMILES string of the molecule is N#Cc1cc(N2CCCC2C(=O)O)ccc1[N+](=O)[O-]. The molecule has 7 heteroatoms. The molecule has 1 N–H and O–H groups in total. The van der Waals surface area contributed by atoms with E-state index in [2.05, 4.69) is 0 Å². The Morgan fingerprint density at radius 1 is 1.58 bits per heavy atom. The molecule has 1 saturated heterocycles. The molecule has 1 atom stereocenters. The van der Waals surface area contributed by atoms with Gasteiger partial charge in [0.05, 0.1) is 4.92 Å². The fraction of sp³-hybridized carbons (Fsp3) is 0.333. The Labute approximate surface area is 108 Å².